The normalized spacial score (nSPS) is 42.0. The third kappa shape index (κ3) is 2.12. The molecule has 2 N–H and O–H groups in total. The smallest absolute Gasteiger partial charge is 0.189 e. The molecule has 1 heterocycles. The average molecular weight is 214 g/mol. The van der Waals surface area contributed by atoms with Crippen LogP contribution in [0.15, 0.2) is 0 Å². The van der Waals surface area contributed by atoms with Crippen LogP contribution in [0.4, 0.5) is 0 Å². The first-order chi connectivity index (χ1) is 5.70. The highest BCUT2D eigenvalue weighted by atomic mass is 31.0. The van der Waals surface area contributed by atoms with Crippen LogP contribution in [0.2, 0.25) is 0 Å². The molecule has 1 aliphatic rings. The van der Waals surface area contributed by atoms with Gasteiger partial charge in [0.25, 0.3) is 0 Å². The fourth-order valence-electron chi connectivity index (χ4n) is 1.06. The van der Waals surface area contributed by atoms with Crippen LogP contribution in [-0.4, -0.2) is 41.4 Å². The van der Waals surface area contributed by atoms with E-state index in [1.165, 1.54) is 0 Å². The van der Waals surface area contributed by atoms with E-state index in [1.807, 2.05) is 18.9 Å². The molecule has 6 atom stereocenters. The third-order valence-electron chi connectivity index (χ3n) is 1.71. The lowest BCUT2D eigenvalue weighted by molar-refractivity contribution is -0.106. The molecule has 0 saturated carbocycles. The Morgan fingerprint density at radius 1 is 1.25 bits per heavy atom. The topological polar surface area (TPSA) is 68.2 Å². The highest BCUT2D eigenvalue weighted by Crippen LogP contribution is 2.24. The standard InChI is InChI=1S/C5H12O5P2/c6-3-2(1-8-11)9-5(10-12)4(3)7/h2-7H,1,11-12H2. The first-order valence-electron chi connectivity index (χ1n) is 3.39. The summed E-state index contributed by atoms with van der Waals surface area (Å²) in [4.78, 5) is 0. The molecule has 0 aliphatic carbocycles. The summed E-state index contributed by atoms with van der Waals surface area (Å²) in [6.45, 7) is 0.202. The largest absolute Gasteiger partial charge is 0.387 e. The lowest BCUT2D eigenvalue weighted by Gasteiger charge is -2.11. The summed E-state index contributed by atoms with van der Waals surface area (Å²) in [5.41, 5.74) is 0. The number of hydrogen-bond acceptors (Lipinski definition) is 5. The zero-order chi connectivity index (χ0) is 9.14. The molecule has 1 fully saturated rings. The van der Waals surface area contributed by atoms with Gasteiger partial charge in [-0.25, -0.2) is 0 Å². The number of hydrogen-bond donors (Lipinski definition) is 2. The predicted octanol–water partition coefficient (Wildman–Crippen LogP) is -0.954. The lowest BCUT2D eigenvalue weighted by Crippen LogP contribution is -2.33. The molecule has 5 nitrogen and oxygen atoms in total. The Balaban J connectivity index is 2.48. The van der Waals surface area contributed by atoms with E-state index in [0.29, 0.717) is 0 Å². The molecule has 0 aromatic heterocycles. The lowest BCUT2D eigenvalue weighted by atomic mass is 10.1. The van der Waals surface area contributed by atoms with Crippen LogP contribution < -0.4 is 0 Å². The van der Waals surface area contributed by atoms with Gasteiger partial charge in [-0.2, -0.15) is 0 Å². The van der Waals surface area contributed by atoms with Crippen LogP contribution in [0.5, 0.6) is 0 Å². The third-order valence-corrected chi connectivity index (χ3v) is 2.17. The zero-order valence-corrected chi connectivity index (χ0v) is 8.60. The Morgan fingerprint density at radius 3 is 2.33 bits per heavy atom. The van der Waals surface area contributed by atoms with Crippen LogP contribution in [0.25, 0.3) is 0 Å². The Kier molecular flexibility index (Phi) is 4.27. The van der Waals surface area contributed by atoms with Gasteiger partial charge < -0.3 is 24.0 Å². The maximum atomic E-state index is 9.34. The van der Waals surface area contributed by atoms with E-state index in [1.54, 1.807) is 0 Å². The second kappa shape index (κ2) is 4.77. The van der Waals surface area contributed by atoms with Crippen molar-refractivity contribution in [2.75, 3.05) is 6.61 Å². The Labute approximate surface area is 75.0 Å². The SMILES string of the molecule is OC1C(COP)OC(OP)C1O. The van der Waals surface area contributed by atoms with E-state index in [9.17, 15) is 10.2 Å². The molecule has 0 spiro atoms. The summed E-state index contributed by atoms with van der Waals surface area (Å²) in [5, 5.41) is 18.6. The molecule has 1 saturated heterocycles. The maximum absolute atomic E-state index is 9.34. The van der Waals surface area contributed by atoms with Gasteiger partial charge in [-0.1, -0.05) is 0 Å². The maximum Gasteiger partial charge on any atom is 0.189 e. The van der Waals surface area contributed by atoms with Crippen LogP contribution in [-0.2, 0) is 13.8 Å². The zero-order valence-electron chi connectivity index (χ0n) is 6.29. The summed E-state index contributed by atoms with van der Waals surface area (Å²) >= 11 is 0. The van der Waals surface area contributed by atoms with E-state index in [4.69, 9.17) is 13.8 Å². The molecule has 72 valence electrons. The van der Waals surface area contributed by atoms with Gasteiger partial charge in [0, 0.05) is 18.9 Å². The molecule has 12 heavy (non-hydrogen) atoms. The van der Waals surface area contributed by atoms with Gasteiger partial charge in [-0.05, 0) is 0 Å². The van der Waals surface area contributed by atoms with E-state index in [2.05, 4.69) is 0 Å². The van der Waals surface area contributed by atoms with E-state index >= 15 is 0 Å². The molecule has 0 aromatic carbocycles. The highest BCUT2D eigenvalue weighted by molar-refractivity contribution is 7.10. The molecule has 1 aliphatic heterocycles. The van der Waals surface area contributed by atoms with Gasteiger partial charge in [0.2, 0.25) is 0 Å². The Bertz CT molecular complexity index is 146. The fraction of sp³-hybridized carbons (Fsp3) is 1.00. The van der Waals surface area contributed by atoms with Crippen molar-refractivity contribution in [3.63, 3.8) is 0 Å². The van der Waals surface area contributed by atoms with Gasteiger partial charge in [0.1, 0.15) is 18.3 Å². The molecule has 0 bridgehead atoms. The number of aliphatic hydroxyl groups excluding tert-OH is 2. The molecular formula is C5H12O5P2. The Hall–Kier alpha value is 0.660. The molecule has 7 heteroatoms. The monoisotopic (exact) mass is 214 g/mol. The minimum atomic E-state index is -1.02. The van der Waals surface area contributed by atoms with Crippen LogP contribution in [0.3, 0.4) is 0 Å². The second-order valence-electron chi connectivity index (χ2n) is 2.49. The minimum absolute atomic E-state index is 0.202. The van der Waals surface area contributed by atoms with E-state index in [0.717, 1.165) is 0 Å². The molecular weight excluding hydrogens is 202 g/mol. The van der Waals surface area contributed by atoms with Crippen molar-refractivity contribution in [3.8, 4) is 0 Å². The quantitative estimate of drug-likeness (QED) is 0.592. The molecule has 0 aromatic rings. The summed E-state index contributed by atoms with van der Waals surface area (Å²) in [6, 6.07) is 0. The second-order valence-corrected chi connectivity index (χ2v) is 3.10. The number of rotatable bonds is 3. The fourth-order valence-corrected chi connectivity index (χ4v) is 1.47. The molecule has 1 rings (SSSR count). The van der Waals surface area contributed by atoms with Crippen LogP contribution >= 0.6 is 18.9 Å². The van der Waals surface area contributed by atoms with Gasteiger partial charge in [-0.15, -0.1) is 0 Å². The summed E-state index contributed by atoms with van der Waals surface area (Å²) in [5.74, 6) is 0. The van der Waals surface area contributed by atoms with Crippen molar-refractivity contribution in [1.29, 1.82) is 0 Å². The summed E-state index contributed by atoms with van der Waals surface area (Å²) in [6.07, 6.45) is -3.32. The van der Waals surface area contributed by atoms with E-state index < -0.39 is 24.6 Å². The predicted molar refractivity (Wildman–Crippen MR) is 47.1 cm³/mol. The summed E-state index contributed by atoms with van der Waals surface area (Å²) < 4.78 is 14.5. The van der Waals surface area contributed by atoms with Crippen molar-refractivity contribution in [3.05, 3.63) is 0 Å². The van der Waals surface area contributed by atoms with Crippen molar-refractivity contribution >= 4 is 18.9 Å². The first kappa shape index (κ1) is 10.7. The van der Waals surface area contributed by atoms with Crippen LogP contribution in [0.1, 0.15) is 0 Å². The van der Waals surface area contributed by atoms with Gasteiger partial charge in [-0.3, -0.25) is 0 Å². The van der Waals surface area contributed by atoms with Crippen molar-refractivity contribution in [2.45, 2.75) is 24.6 Å². The van der Waals surface area contributed by atoms with Crippen molar-refractivity contribution < 1.29 is 24.0 Å². The highest BCUT2D eigenvalue weighted by Gasteiger charge is 2.42. The van der Waals surface area contributed by atoms with Gasteiger partial charge >= 0.3 is 0 Å². The number of aliphatic hydroxyl groups is 2. The molecule has 0 radical (unpaired) electrons. The van der Waals surface area contributed by atoms with E-state index in [-0.39, 0.29) is 6.61 Å². The molecule has 6 unspecified atom stereocenters. The summed E-state index contributed by atoms with van der Waals surface area (Å²) in [7, 11) is 4.02. The van der Waals surface area contributed by atoms with Gasteiger partial charge in [0.15, 0.2) is 6.29 Å². The molecule has 0 amide bonds. The van der Waals surface area contributed by atoms with Crippen LogP contribution in [0, 0.1) is 0 Å². The Morgan fingerprint density at radius 2 is 1.92 bits per heavy atom. The number of ether oxygens (including phenoxy) is 1. The minimum Gasteiger partial charge on any atom is -0.387 e. The van der Waals surface area contributed by atoms with Crippen molar-refractivity contribution in [1.82, 2.24) is 0 Å². The van der Waals surface area contributed by atoms with Gasteiger partial charge in [0.05, 0.1) is 6.61 Å². The first-order valence-corrected chi connectivity index (χ1v) is 4.33. The van der Waals surface area contributed by atoms with Crippen molar-refractivity contribution in [2.24, 2.45) is 0 Å². The average Bonchev–Trinajstić information content (AvgIpc) is 2.33.